The number of aromatic nitrogens is 1. The first-order chi connectivity index (χ1) is 25.9. The number of sulfonamides is 1. The topological polar surface area (TPSA) is 182 Å². The molecule has 6 rings (SSSR count). The van der Waals surface area contributed by atoms with E-state index < -0.39 is 73.8 Å². The largest absolute Gasteiger partial charge is 0.497 e. The van der Waals surface area contributed by atoms with Gasteiger partial charge in [0.25, 0.3) is 5.91 Å². The Bertz CT molecular complexity index is 1960. The third-order valence-corrected chi connectivity index (χ3v) is 13.7. The Morgan fingerprint density at radius 2 is 1.87 bits per heavy atom. The highest BCUT2D eigenvalue weighted by atomic mass is 32.2. The van der Waals surface area contributed by atoms with Crippen LogP contribution in [0.4, 0.5) is 4.79 Å². The maximum absolute atomic E-state index is 14.9. The van der Waals surface area contributed by atoms with Gasteiger partial charge in [-0.25, -0.2) is 18.2 Å². The quantitative estimate of drug-likeness (QED) is 0.316. The van der Waals surface area contributed by atoms with Crippen LogP contribution in [0.2, 0.25) is 0 Å². The number of nitrogens with one attached hydrogen (secondary N) is 3. The number of benzene rings is 1. The fourth-order valence-corrected chi connectivity index (χ4v) is 9.07. The predicted octanol–water partition coefficient (Wildman–Crippen LogP) is 4.76. The molecule has 2 saturated carbocycles. The molecule has 7 atom stereocenters. The SMILES string of the molecule is CC[C@@H]1C[C@H](C)CC/C=C\[C@H]2C[C@@]2(C(=O)NS(=O)(=O)C2(C)CC2)NC(=O)[C@@H]2C[C@@H](Oc3nccc4cc(OC)ccc34)CN2C(=O)[C@H]1NC(=O)OC(C)(C)C. The average molecular weight is 782 g/mol. The van der Waals surface area contributed by atoms with Crippen LogP contribution in [0.15, 0.2) is 42.6 Å². The van der Waals surface area contributed by atoms with E-state index in [2.05, 4.69) is 27.3 Å². The number of allylic oxidation sites excluding steroid dienone is 1. The summed E-state index contributed by atoms with van der Waals surface area (Å²) >= 11 is 0. The molecule has 1 saturated heterocycles. The minimum Gasteiger partial charge on any atom is -0.497 e. The van der Waals surface area contributed by atoms with Crippen LogP contribution in [0.25, 0.3) is 10.8 Å². The molecule has 1 aromatic carbocycles. The van der Waals surface area contributed by atoms with Crippen molar-refractivity contribution < 1.29 is 41.8 Å². The zero-order valence-corrected chi connectivity index (χ0v) is 33.7. The summed E-state index contributed by atoms with van der Waals surface area (Å²) in [5.74, 6) is -1.50. The van der Waals surface area contributed by atoms with Crippen molar-refractivity contribution in [3.63, 3.8) is 0 Å². The van der Waals surface area contributed by atoms with E-state index in [1.165, 1.54) is 4.90 Å². The van der Waals surface area contributed by atoms with E-state index in [1.54, 1.807) is 47.1 Å². The molecule has 0 radical (unpaired) electrons. The molecule has 0 bridgehead atoms. The molecule has 3 heterocycles. The summed E-state index contributed by atoms with van der Waals surface area (Å²) in [6.45, 7) is 10.9. The second kappa shape index (κ2) is 15.3. The van der Waals surface area contributed by atoms with Crippen LogP contribution >= 0.6 is 0 Å². The molecule has 2 aliphatic carbocycles. The lowest BCUT2D eigenvalue weighted by Gasteiger charge is -2.34. The van der Waals surface area contributed by atoms with E-state index in [0.29, 0.717) is 49.1 Å². The molecular weight excluding hydrogens is 727 g/mol. The van der Waals surface area contributed by atoms with Gasteiger partial charge in [0, 0.05) is 23.9 Å². The summed E-state index contributed by atoms with van der Waals surface area (Å²) in [7, 11) is -2.42. The van der Waals surface area contributed by atoms with Crippen LogP contribution in [-0.4, -0.2) is 89.8 Å². The van der Waals surface area contributed by atoms with Crippen LogP contribution in [0.3, 0.4) is 0 Å². The standard InChI is InChI=1S/C40H55N5O9S/c1-8-25-19-24(2)11-9-10-12-27-22-40(27,36(48)44-55(50,51)39(6)16-17-39)43-33(46)31-21-29(23-45(31)35(47)32(25)42-37(49)54-38(3,4)5)53-34-30-14-13-28(52-7)20-26(30)15-18-41-34/h10,12-15,18,20,24-25,27,29,31-32H,8-9,11,16-17,19,21-23H2,1-7H3,(H,42,49)(H,43,46)(H,44,48)/b12-10-/t24-,25-,27+,29-,31+,32+,40-/m1/s1. The van der Waals surface area contributed by atoms with Gasteiger partial charge >= 0.3 is 6.09 Å². The molecule has 14 nitrogen and oxygen atoms in total. The van der Waals surface area contributed by atoms with Gasteiger partial charge in [-0.1, -0.05) is 32.4 Å². The summed E-state index contributed by atoms with van der Waals surface area (Å²) in [6.07, 6.45) is 7.78. The molecule has 55 heavy (non-hydrogen) atoms. The maximum Gasteiger partial charge on any atom is 0.408 e. The highest BCUT2D eigenvalue weighted by Crippen LogP contribution is 2.47. The van der Waals surface area contributed by atoms with Gasteiger partial charge in [-0.3, -0.25) is 19.1 Å². The Morgan fingerprint density at radius 3 is 2.55 bits per heavy atom. The monoisotopic (exact) mass is 781 g/mol. The molecule has 4 amide bonds. The third-order valence-electron chi connectivity index (χ3n) is 11.5. The molecule has 300 valence electrons. The number of hydrogen-bond donors (Lipinski definition) is 3. The number of ether oxygens (including phenoxy) is 3. The Kier molecular flexibility index (Phi) is 11.2. The van der Waals surface area contributed by atoms with Crippen LogP contribution in [0.5, 0.6) is 11.6 Å². The van der Waals surface area contributed by atoms with Gasteiger partial charge in [-0.05, 0) is 108 Å². The predicted molar refractivity (Wildman–Crippen MR) is 206 cm³/mol. The molecule has 0 unspecified atom stereocenters. The Hall–Kier alpha value is -4.40. The smallest absolute Gasteiger partial charge is 0.408 e. The van der Waals surface area contributed by atoms with Crippen LogP contribution in [0, 0.1) is 17.8 Å². The molecular formula is C40H55N5O9S. The van der Waals surface area contributed by atoms with Crippen molar-refractivity contribution in [1.82, 2.24) is 25.2 Å². The number of nitrogens with zero attached hydrogens (tertiary/aromatic N) is 2. The van der Waals surface area contributed by atoms with E-state index in [9.17, 15) is 27.6 Å². The van der Waals surface area contributed by atoms with Gasteiger partial charge in [-0.2, -0.15) is 0 Å². The van der Waals surface area contributed by atoms with Crippen LogP contribution in [0.1, 0.15) is 92.9 Å². The maximum atomic E-state index is 14.9. The van der Waals surface area contributed by atoms with Gasteiger partial charge < -0.3 is 29.7 Å². The summed E-state index contributed by atoms with van der Waals surface area (Å²) in [5.41, 5.74) is -2.35. The molecule has 15 heteroatoms. The van der Waals surface area contributed by atoms with Crippen molar-refractivity contribution in [3.05, 3.63) is 42.6 Å². The zero-order chi connectivity index (χ0) is 39.9. The first-order valence-corrected chi connectivity index (χ1v) is 20.8. The number of rotatable bonds is 8. The Labute approximate surface area is 323 Å². The molecule has 2 aliphatic heterocycles. The molecule has 3 N–H and O–H groups in total. The number of pyridine rings is 1. The van der Waals surface area contributed by atoms with Gasteiger partial charge in [0.1, 0.15) is 35.1 Å². The number of carbonyl (C=O) groups excluding carboxylic acids is 4. The van der Waals surface area contributed by atoms with E-state index in [1.807, 2.05) is 37.3 Å². The van der Waals surface area contributed by atoms with E-state index in [-0.39, 0.29) is 31.2 Å². The normalized spacial score (nSPS) is 30.1. The Morgan fingerprint density at radius 1 is 1.13 bits per heavy atom. The second-order valence-corrected chi connectivity index (χ2v) is 19.2. The lowest BCUT2D eigenvalue weighted by atomic mass is 9.85. The fraction of sp³-hybridized carbons (Fsp3) is 0.625. The van der Waals surface area contributed by atoms with Crippen molar-refractivity contribution >= 4 is 44.6 Å². The second-order valence-electron chi connectivity index (χ2n) is 17.0. The highest BCUT2D eigenvalue weighted by Gasteiger charge is 2.63. The summed E-state index contributed by atoms with van der Waals surface area (Å²) in [4.78, 5) is 62.6. The number of amides is 4. The summed E-state index contributed by atoms with van der Waals surface area (Å²) in [5, 5.41) is 7.31. The number of hydrogen-bond acceptors (Lipinski definition) is 10. The zero-order valence-electron chi connectivity index (χ0n) is 32.8. The molecule has 3 fully saturated rings. The lowest BCUT2D eigenvalue weighted by Crippen LogP contribution is -2.59. The van der Waals surface area contributed by atoms with Crippen molar-refractivity contribution in [2.75, 3.05) is 13.7 Å². The van der Waals surface area contributed by atoms with Gasteiger partial charge in [0.15, 0.2) is 0 Å². The van der Waals surface area contributed by atoms with E-state index in [0.717, 1.165) is 11.8 Å². The Balaban J connectivity index is 1.36. The van der Waals surface area contributed by atoms with Crippen molar-refractivity contribution in [2.45, 2.75) is 127 Å². The minimum atomic E-state index is -4.00. The van der Waals surface area contributed by atoms with Gasteiger partial charge in [-0.15, -0.1) is 0 Å². The number of fused-ring (bicyclic) bond motifs is 3. The third kappa shape index (κ3) is 8.71. The molecule has 2 aromatic rings. The molecule has 4 aliphatic rings. The van der Waals surface area contributed by atoms with Crippen molar-refractivity contribution in [1.29, 1.82) is 0 Å². The van der Waals surface area contributed by atoms with Crippen LogP contribution < -0.4 is 24.8 Å². The lowest BCUT2D eigenvalue weighted by molar-refractivity contribution is -0.142. The number of alkyl carbamates (subject to hydrolysis) is 1. The van der Waals surface area contributed by atoms with E-state index >= 15 is 0 Å². The number of carbonyl (C=O) groups is 4. The number of methoxy groups -OCH3 is 1. The first kappa shape index (κ1) is 40.3. The van der Waals surface area contributed by atoms with Crippen LogP contribution in [-0.2, 0) is 29.1 Å². The highest BCUT2D eigenvalue weighted by molar-refractivity contribution is 7.91. The average Bonchev–Trinajstić information content (AvgIpc) is 4.00. The molecule has 0 spiro atoms. The molecule has 1 aromatic heterocycles. The van der Waals surface area contributed by atoms with Gasteiger partial charge in [0.2, 0.25) is 27.7 Å². The van der Waals surface area contributed by atoms with Crippen molar-refractivity contribution in [2.24, 2.45) is 17.8 Å². The summed E-state index contributed by atoms with van der Waals surface area (Å²) in [6, 6.07) is 5.15. The van der Waals surface area contributed by atoms with Crippen molar-refractivity contribution in [3.8, 4) is 11.6 Å². The minimum absolute atomic E-state index is 0.0150. The first-order valence-electron chi connectivity index (χ1n) is 19.3. The fourth-order valence-electron chi connectivity index (χ4n) is 7.76. The van der Waals surface area contributed by atoms with E-state index in [4.69, 9.17) is 14.2 Å². The summed E-state index contributed by atoms with van der Waals surface area (Å²) < 4.78 is 45.1. The van der Waals surface area contributed by atoms with Gasteiger partial charge in [0.05, 0.1) is 18.4 Å².